The molecule has 2 aromatic carbocycles. The maximum Gasteiger partial charge on any atom is 0.416 e. The van der Waals surface area contributed by atoms with Crippen LogP contribution in [0.25, 0.3) is 0 Å². The molecule has 30 heavy (non-hydrogen) atoms. The number of anilines is 2. The van der Waals surface area contributed by atoms with Gasteiger partial charge in [0, 0.05) is 30.2 Å². The second-order valence-electron chi connectivity index (χ2n) is 6.80. The summed E-state index contributed by atoms with van der Waals surface area (Å²) in [6.07, 6.45) is 0.209. The largest absolute Gasteiger partial charge is 0.457 e. The molecule has 0 bridgehead atoms. The van der Waals surface area contributed by atoms with Crippen molar-refractivity contribution in [3.63, 3.8) is 0 Å². The third-order valence-electron chi connectivity index (χ3n) is 4.77. The summed E-state index contributed by atoms with van der Waals surface area (Å²) in [7, 11) is 0. The summed E-state index contributed by atoms with van der Waals surface area (Å²) in [5, 5.41) is 2.57. The lowest BCUT2D eigenvalue weighted by molar-refractivity contribution is -0.137. The molecular formula is C22H18F3N3O2. The predicted molar refractivity (Wildman–Crippen MR) is 107 cm³/mol. The van der Waals surface area contributed by atoms with Crippen LogP contribution in [-0.2, 0) is 12.6 Å². The smallest absolute Gasteiger partial charge is 0.416 e. The average Bonchev–Trinajstić information content (AvgIpc) is 2.74. The molecule has 0 radical (unpaired) electrons. The fraction of sp³-hybridized carbons (Fsp3) is 0.182. The Labute approximate surface area is 171 Å². The van der Waals surface area contributed by atoms with Gasteiger partial charge in [0.15, 0.2) is 0 Å². The summed E-state index contributed by atoms with van der Waals surface area (Å²) in [6.45, 7) is 0.455. The number of carbonyl (C=O) groups excluding carboxylic acids is 1. The molecule has 3 aromatic rings. The number of fused-ring (bicyclic) bond motifs is 1. The zero-order chi connectivity index (χ0) is 21.1. The summed E-state index contributed by atoms with van der Waals surface area (Å²) >= 11 is 0. The zero-order valence-electron chi connectivity index (χ0n) is 15.8. The molecular weight excluding hydrogens is 395 g/mol. The number of halogens is 3. The molecule has 1 aliphatic rings. The van der Waals surface area contributed by atoms with Crippen LogP contribution in [-0.4, -0.2) is 17.6 Å². The molecule has 5 nitrogen and oxygen atoms in total. The fourth-order valence-electron chi connectivity index (χ4n) is 3.40. The average molecular weight is 413 g/mol. The van der Waals surface area contributed by atoms with Gasteiger partial charge in [0.2, 0.25) is 0 Å². The molecule has 1 aliphatic heterocycles. The molecule has 0 spiro atoms. The van der Waals surface area contributed by atoms with E-state index in [1.54, 1.807) is 36.7 Å². The molecule has 0 saturated carbocycles. The summed E-state index contributed by atoms with van der Waals surface area (Å²) in [6, 6.07) is 13.0. The Morgan fingerprint density at radius 1 is 1.07 bits per heavy atom. The van der Waals surface area contributed by atoms with Crippen molar-refractivity contribution in [2.75, 3.05) is 16.8 Å². The molecule has 0 fully saturated rings. The van der Waals surface area contributed by atoms with E-state index in [1.807, 2.05) is 6.07 Å². The third kappa shape index (κ3) is 4.22. The summed E-state index contributed by atoms with van der Waals surface area (Å²) < 4.78 is 44.8. The Hall–Kier alpha value is -3.55. The van der Waals surface area contributed by atoms with E-state index in [2.05, 4.69) is 10.3 Å². The summed E-state index contributed by atoms with van der Waals surface area (Å²) in [5.41, 5.74) is 0.829. The van der Waals surface area contributed by atoms with Crippen molar-refractivity contribution >= 4 is 17.4 Å². The number of urea groups is 1. The molecule has 4 rings (SSSR count). The molecule has 0 saturated heterocycles. The minimum Gasteiger partial charge on any atom is -0.457 e. The number of hydrogen-bond donors (Lipinski definition) is 1. The first-order valence-electron chi connectivity index (χ1n) is 9.37. The normalized spacial score (nSPS) is 13.5. The van der Waals surface area contributed by atoms with Gasteiger partial charge >= 0.3 is 12.2 Å². The van der Waals surface area contributed by atoms with E-state index in [9.17, 15) is 18.0 Å². The van der Waals surface area contributed by atoms with Crippen molar-refractivity contribution in [2.24, 2.45) is 0 Å². The van der Waals surface area contributed by atoms with Crippen LogP contribution in [0.5, 0.6) is 11.5 Å². The van der Waals surface area contributed by atoms with Gasteiger partial charge in [-0.2, -0.15) is 13.2 Å². The Balaban J connectivity index is 1.57. The monoisotopic (exact) mass is 413 g/mol. The van der Waals surface area contributed by atoms with Crippen LogP contribution in [0.1, 0.15) is 17.5 Å². The maximum absolute atomic E-state index is 12.9. The number of rotatable bonds is 3. The topological polar surface area (TPSA) is 54.5 Å². The minimum absolute atomic E-state index is 0.0890. The van der Waals surface area contributed by atoms with Crippen LogP contribution in [0.4, 0.5) is 29.3 Å². The molecule has 2 heterocycles. The van der Waals surface area contributed by atoms with Crippen LogP contribution in [0.2, 0.25) is 0 Å². The first kappa shape index (κ1) is 19.8. The fourth-order valence-corrected chi connectivity index (χ4v) is 3.40. The van der Waals surface area contributed by atoms with E-state index < -0.39 is 17.8 Å². The third-order valence-corrected chi connectivity index (χ3v) is 4.77. The van der Waals surface area contributed by atoms with Gasteiger partial charge in [0.05, 0.1) is 11.3 Å². The number of ether oxygens (including phenoxy) is 1. The molecule has 0 aliphatic carbocycles. The van der Waals surface area contributed by atoms with Crippen molar-refractivity contribution in [2.45, 2.75) is 19.0 Å². The standard InChI is InChI=1S/C22H18F3N3O2/c23-22(24,25)15-4-1-5-16(14-15)27-21(29)28-13-3-6-18-19(28)7-2-8-20(18)30-17-9-11-26-12-10-17/h1-2,4-5,7-12,14H,3,6,13H2,(H,27,29). The number of nitrogens with one attached hydrogen (secondary N) is 1. The van der Waals surface area contributed by atoms with E-state index in [-0.39, 0.29) is 5.69 Å². The van der Waals surface area contributed by atoms with E-state index >= 15 is 0 Å². The lowest BCUT2D eigenvalue weighted by Gasteiger charge is -2.30. The molecule has 1 aromatic heterocycles. The number of aromatic nitrogens is 1. The second kappa shape index (κ2) is 8.06. The highest BCUT2D eigenvalue weighted by Gasteiger charge is 2.31. The zero-order valence-corrected chi connectivity index (χ0v) is 15.8. The molecule has 154 valence electrons. The van der Waals surface area contributed by atoms with Crippen LogP contribution in [0.15, 0.2) is 67.0 Å². The summed E-state index contributed by atoms with van der Waals surface area (Å²) in [4.78, 5) is 18.3. The van der Waals surface area contributed by atoms with Gasteiger partial charge in [-0.3, -0.25) is 9.88 Å². The SMILES string of the molecule is O=C(Nc1cccc(C(F)(F)F)c1)N1CCCc2c(Oc3ccncc3)cccc21. The van der Waals surface area contributed by atoms with Crippen LogP contribution >= 0.6 is 0 Å². The summed E-state index contributed by atoms with van der Waals surface area (Å²) in [5.74, 6) is 1.26. The molecule has 0 unspecified atom stereocenters. The molecule has 1 N–H and O–H groups in total. The first-order valence-corrected chi connectivity index (χ1v) is 9.37. The van der Waals surface area contributed by atoms with Gasteiger partial charge in [0.1, 0.15) is 11.5 Å². The Bertz CT molecular complexity index is 1050. The maximum atomic E-state index is 12.9. The number of hydrogen-bond acceptors (Lipinski definition) is 3. The van der Waals surface area contributed by atoms with Gasteiger partial charge in [-0.25, -0.2) is 4.79 Å². The van der Waals surface area contributed by atoms with E-state index in [0.717, 1.165) is 24.1 Å². The van der Waals surface area contributed by atoms with Crippen LogP contribution in [0, 0.1) is 0 Å². The molecule has 8 heteroatoms. The van der Waals surface area contributed by atoms with Crippen molar-refractivity contribution in [3.8, 4) is 11.5 Å². The number of nitrogens with zero attached hydrogens (tertiary/aromatic N) is 2. The second-order valence-corrected chi connectivity index (χ2v) is 6.80. The quantitative estimate of drug-likeness (QED) is 0.584. The first-order chi connectivity index (χ1) is 14.4. The number of alkyl halides is 3. The molecule has 2 amide bonds. The highest BCUT2D eigenvalue weighted by Crippen LogP contribution is 2.37. The van der Waals surface area contributed by atoms with E-state index in [4.69, 9.17) is 4.74 Å². The molecule has 0 atom stereocenters. The van der Waals surface area contributed by atoms with E-state index in [0.29, 0.717) is 30.2 Å². The highest BCUT2D eigenvalue weighted by atomic mass is 19.4. The van der Waals surface area contributed by atoms with Crippen molar-refractivity contribution < 1.29 is 22.7 Å². The van der Waals surface area contributed by atoms with Gasteiger partial charge in [-0.05, 0) is 55.3 Å². The predicted octanol–water partition coefficient (Wildman–Crippen LogP) is 5.88. The number of amides is 2. The van der Waals surface area contributed by atoms with Crippen molar-refractivity contribution in [1.29, 1.82) is 0 Å². The Morgan fingerprint density at radius 2 is 1.83 bits per heavy atom. The highest BCUT2D eigenvalue weighted by molar-refractivity contribution is 6.02. The minimum atomic E-state index is -4.47. The van der Waals surface area contributed by atoms with Crippen LogP contribution < -0.4 is 15.0 Å². The Kier molecular flexibility index (Phi) is 5.31. The number of pyridine rings is 1. The number of benzene rings is 2. The van der Waals surface area contributed by atoms with Gasteiger partial charge in [-0.15, -0.1) is 0 Å². The number of carbonyl (C=O) groups is 1. The lowest BCUT2D eigenvalue weighted by atomic mass is 10.0. The lowest BCUT2D eigenvalue weighted by Crippen LogP contribution is -2.38. The van der Waals surface area contributed by atoms with Crippen LogP contribution in [0.3, 0.4) is 0 Å². The van der Waals surface area contributed by atoms with Gasteiger partial charge in [-0.1, -0.05) is 12.1 Å². The van der Waals surface area contributed by atoms with Crippen molar-refractivity contribution in [1.82, 2.24) is 4.98 Å². The van der Waals surface area contributed by atoms with Gasteiger partial charge < -0.3 is 10.1 Å². The van der Waals surface area contributed by atoms with Gasteiger partial charge in [0.25, 0.3) is 0 Å². The van der Waals surface area contributed by atoms with E-state index in [1.165, 1.54) is 17.0 Å². The van der Waals surface area contributed by atoms with Crippen molar-refractivity contribution in [3.05, 3.63) is 78.1 Å². The Morgan fingerprint density at radius 3 is 2.60 bits per heavy atom.